The van der Waals surface area contributed by atoms with Crippen molar-refractivity contribution in [2.75, 3.05) is 9.80 Å². The van der Waals surface area contributed by atoms with Crippen LogP contribution in [0, 0.1) is 6.92 Å². The summed E-state index contributed by atoms with van der Waals surface area (Å²) in [5, 5.41) is 0. The van der Waals surface area contributed by atoms with Crippen molar-refractivity contribution < 1.29 is 0 Å². The first-order chi connectivity index (χ1) is 38.4. The molecular weight excluding hydrogens is 1000 g/mol. The third-order valence-electron chi connectivity index (χ3n) is 22.2. The van der Waals surface area contributed by atoms with Gasteiger partial charge in [0.2, 0.25) is 0 Å². The van der Waals surface area contributed by atoms with Gasteiger partial charge in [-0.05, 0) is 214 Å². The van der Waals surface area contributed by atoms with Gasteiger partial charge in [-0.3, -0.25) is 0 Å². The van der Waals surface area contributed by atoms with E-state index in [0.717, 1.165) is 6.42 Å². The minimum absolute atomic E-state index is 0.00978. The third-order valence-corrected chi connectivity index (χ3v) is 22.2. The van der Waals surface area contributed by atoms with E-state index < -0.39 is 0 Å². The molecule has 1 atom stereocenters. The first kappa shape index (κ1) is 56.0. The molecule has 7 aromatic carbocycles. The van der Waals surface area contributed by atoms with E-state index in [9.17, 15) is 0 Å². The summed E-state index contributed by atoms with van der Waals surface area (Å²) >= 11 is 0. The average Bonchev–Trinajstić information content (AvgIpc) is 2.22. The lowest BCUT2D eigenvalue weighted by molar-refractivity contribution is 0.329. The molecular formula is C81H96N2. The minimum atomic E-state index is -0.275. The number of rotatable bonds is 3. The molecule has 0 N–H and O–H groups in total. The van der Waals surface area contributed by atoms with Crippen LogP contribution in [-0.4, -0.2) is 0 Å². The lowest BCUT2D eigenvalue weighted by Gasteiger charge is -2.50. The molecule has 2 aliphatic heterocycles. The van der Waals surface area contributed by atoms with Crippen molar-refractivity contribution >= 4 is 34.1 Å². The third kappa shape index (κ3) is 8.34. The van der Waals surface area contributed by atoms with Crippen LogP contribution >= 0.6 is 0 Å². The summed E-state index contributed by atoms with van der Waals surface area (Å²) in [5.74, 6) is 0.0221. The van der Waals surface area contributed by atoms with Crippen LogP contribution in [0.3, 0.4) is 0 Å². The monoisotopic (exact) mass is 1100 g/mol. The van der Waals surface area contributed by atoms with Crippen LogP contribution < -0.4 is 9.80 Å². The molecule has 2 heterocycles. The van der Waals surface area contributed by atoms with Crippen LogP contribution in [0.2, 0.25) is 0 Å². The molecule has 0 aromatic heterocycles. The molecule has 83 heavy (non-hydrogen) atoms. The second-order valence-corrected chi connectivity index (χ2v) is 33.7. The molecule has 1 unspecified atom stereocenters. The van der Waals surface area contributed by atoms with Gasteiger partial charge in [0.15, 0.2) is 0 Å². The predicted octanol–water partition coefficient (Wildman–Crippen LogP) is 22.3. The molecule has 7 aromatic rings. The van der Waals surface area contributed by atoms with Gasteiger partial charge in [0.1, 0.15) is 0 Å². The number of aryl methyl sites for hydroxylation is 1. The lowest BCUT2D eigenvalue weighted by Crippen LogP contribution is -2.41. The topological polar surface area (TPSA) is 6.48 Å². The fourth-order valence-corrected chi connectivity index (χ4v) is 16.4. The molecule has 6 aliphatic rings. The maximum Gasteiger partial charge on any atom is 0.0542 e. The summed E-state index contributed by atoms with van der Waals surface area (Å²) in [4.78, 5) is 5.52. The van der Waals surface area contributed by atoms with Crippen LogP contribution in [0.1, 0.15) is 266 Å². The van der Waals surface area contributed by atoms with E-state index in [1.165, 1.54) is 154 Å². The summed E-state index contributed by atoms with van der Waals surface area (Å²) < 4.78 is 0. The SMILES string of the molecule is Cc1cc2c3c(c1)N(c1ccc(C(C)(C)C)cc1-c1ccc(C(C)(C)C)cc1)c1cc4c(cc1C3C1=C(c3cc(C(C)(C)C)ccc3C1)N2c1ccc2c(c1)C(C)(C)CCC2(C)C)C(C)(C)c1cc2c(cc1C4(C)C)C(C)(C)CCC2(C)C. The molecule has 430 valence electrons. The molecule has 0 saturated carbocycles. The zero-order valence-corrected chi connectivity index (χ0v) is 55.0. The molecule has 4 aliphatic carbocycles. The highest BCUT2D eigenvalue weighted by molar-refractivity contribution is 6.04. The summed E-state index contributed by atoms with van der Waals surface area (Å²) in [6.45, 7) is 53.7. The van der Waals surface area contributed by atoms with Crippen LogP contribution in [0.5, 0.6) is 0 Å². The summed E-state index contributed by atoms with van der Waals surface area (Å²) in [5.41, 5.74) is 34.7. The lowest BCUT2D eigenvalue weighted by atomic mass is 9.55. The highest BCUT2D eigenvalue weighted by Gasteiger charge is 2.51. The zero-order chi connectivity index (χ0) is 59.6. The van der Waals surface area contributed by atoms with Gasteiger partial charge < -0.3 is 9.80 Å². The van der Waals surface area contributed by atoms with Crippen molar-refractivity contribution in [3.63, 3.8) is 0 Å². The Morgan fingerprint density at radius 3 is 1.39 bits per heavy atom. The van der Waals surface area contributed by atoms with Crippen molar-refractivity contribution in [1.82, 2.24) is 0 Å². The summed E-state index contributed by atoms with van der Waals surface area (Å²) in [6.07, 6.45) is 5.67. The number of nitrogens with zero attached hydrogens (tertiary/aromatic N) is 2. The molecule has 0 bridgehead atoms. The van der Waals surface area contributed by atoms with E-state index >= 15 is 0 Å². The normalized spacial score (nSPS) is 20.8. The number of fused-ring (bicyclic) bond motifs is 9. The second-order valence-electron chi connectivity index (χ2n) is 33.7. The Labute approximate surface area is 501 Å². The van der Waals surface area contributed by atoms with Crippen LogP contribution in [0.25, 0.3) is 16.8 Å². The number of hydrogen-bond donors (Lipinski definition) is 0. The number of allylic oxidation sites excluding steroid dienone is 1. The van der Waals surface area contributed by atoms with Gasteiger partial charge in [-0.2, -0.15) is 0 Å². The van der Waals surface area contributed by atoms with Gasteiger partial charge in [-0.15, -0.1) is 0 Å². The fourth-order valence-electron chi connectivity index (χ4n) is 16.4. The molecule has 2 nitrogen and oxygen atoms in total. The van der Waals surface area contributed by atoms with E-state index in [-0.39, 0.29) is 54.7 Å². The predicted molar refractivity (Wildman–Crippen MR) is 356 cm³/mol. The summed E-state index contributed by atoms with van der Waals surface area (Å²) in [7, 11) is 0. The number of hydrogen-bond acceptors (Lipinski definition) is 2. The molecule has 0 amide bonds. The van der Waals surface area contributed by atoms with Gasteiger partial charge in [0.25, 0.3) is 0 Å². The first-order valence-corrected chi connectivity index (χ1v) is 31.8. The first-order valence-electron chi connectivity index (χ1n) is 31.8. The molecule has 13 rings (SSSR count). The maximum absolute atomic E-state index is 2.77. The van der Waals surface area contributed by atoms with Crippen LogP contribution in [-0.2, 0) is 55.2 Å². The van der Waals surface area contributed by atoms with Gasteiger partial charge in [-0.1, -0.05) is 212 Å². The Morgan fingerprint density at radius 2 is 0.843 bits per heavy atom. The van der Waals surface area contributed by atoms with E-state index in [1.807, 2.05) is 0 Å². The molecule has 2 heteroatoms. The van der Waals surface area contributed by atoms with Gasteiger partial charge in [-0.25, -0.2) is 0 Å². The number of anilines is 5. The van der Waals surface area contributed by atoms with Crippen molar-refractivity contribution in [2.45, 2.75) is 239 Å². The van der Waals surface area contributed by atoms with Gasteiger partial charge in [0, 0.05) is 39.1 Å². The molecule has 0 radical (unpaired) electrons. The minimum Gasteiger partial charge on any atom is -0.309 e. The average molecular weight is 1100 g/mol. The molecule has 0 saturated heterocycles. The number of benzene rings is 7. The van der Waals surface area contributed by atoms with Crippen molar-refractivity contribution in [2.24, 2.45) is 0 Å². The highest BCUT2D eigenvalue weighted by Crippen LogP contribution is 2.66. The molecule has 0 spiro atoms. The maximum atomic E-state index is 2.77. The highest BCUT2D eigenvalue weighted by atomic mass is 15.2. The Morgan fingerprint density at radius 1 is 0.386 bits per heavy atom. The fraction of sp³-hybridized carbons (Fsp3) is 0.457. The quantitative estimate of drug-likeness (QED) is 0.174. The van der Waals surface area contributed by atoms with E-state index in [1.54, 1.807) is 11.1 Å². The van der Waals surface area contributed by atoms with Crippen molar-refractivity contribution in [3.8, 4) is 11.1 Å². The Kier molecular flexibility index (Phi) is 11.8. The second kappa shape index (κ2) is 17.5. The molecule has 0 fully saturated rings. The van der Waals surface area contributed by atoms with Crippen molar-refractivity contribution in [1.29, 1.82) is 0 Å². The largest absolute Gasteiger partial charge is 0.309 e. The van der Waals surface area contributed by atoms with Gasteiger partial charge >= 0.3 is 0 Å². The Hall–Kier alpha value is -6.12. The zero-order valence-electron chi connectivity index (χ0n) is 55.0. The smallest absolute Gasteiger partial charge is 0.0542 e. The van der Waals surface area contributed by atoms with Gasteiger partial charge in [0.05, 0.1) is 28.4 Å². The van der Waals surface area contributed by atoms with Crippen molar-refractivity contribution in [3.05, 3.63) is 210 Å². The Balaban J connectivity index is 1.15. The Bertz CT molecular complexity index is 3950. The van der Waals surface area contributed by atoms with Crippen LogP contribution in [0.15, 0.2) is 121 Å². The summed E-state index contributed by atoms with van der Waals surface area (Å²) in [6, 6.07) is 48.2. The van der Waals surface area contributed by atoms with E-state index in [0.29, 0.717) is 0 Å². The standard InChI is InChI=1S/C81H96N2/c1-47-37-68-71-69(38-47)83(66-32-29-52(75(8,9)10)40-54(66)48-23-26-50(27-24-48)73(2,3)4)67-46-65-62(80(19,20)63-44-60-61(45-64(63)81(65,21)22)79(17,18)36-35-78(60,15)16)43-56(67)70(71)57-39-49-25-28-51(74(5,6)7)41-55(49)72(57)82(68)53-30-31-58-59(42-53)77(13,14)34-33-76(58,11)12/h23-32,37-38,40-46,70H,33-36,39H2,1-22H3. The van der Waals surface area contributed by atoms with E-state index in [2.05, 4.69) is 277 Å². The van der Waals surface area contributed by atoms with Crippen LogP contribution in [0.4, 0.5) is 28.4 Å². The van der Waals surface area contributed by atoms with E-state index in [4.69, 9.17) is 0 Å².